The summed E-state index contributed by atoms with van der Waals surface area (Å²) in [6.07, 6.45) is 0. The maximum Gasteiger partial charge on any atom is 0.301 e. The molecule has 6 nitrogen and oxygen atoms in total. The zero-order valence-corrected chi connectivity index (χ0v) is 19.9. The molecule has 1 N–H and O–H groups in total. The van der Waals surface area contributed by atoms with Crippen molar-refractivity contribution in [3.8, 4) is 5.75 Å². The van der Waals surface area contributed by atoms with Gasteiger partial charge in [-0.15, -0.1) is 0 Å². The lowest BCUT2D eigenvalue weighted by Crippen LogP contribution is -2.29. The predicted molar refractivity (Wildman–Crippen MR) is 134 cm³/mol. The number of hydrogen-bond donors (Lipinski definition) is 1. The van der Waals surface area contributed by atoms with Gasteiger partial charge in [0.2, 0.25) is 0 Å². The summed E-state index contributed by atoms with van der Waals surface area (Å²) in [7, 11) is 1.51. The Morgan fingerprint density at radius 1 is 1.09 bits per heavy atom. The summed E-state index contributed by atoms with van der Waals surface area (Å²) in [5.41, 5.74) is 2.71. The minimum atomic E-state index is -0.897. The molecule has 5 rings (SSSR count). The Morgan fingerprint density at radius 3 is 2.65 bits per heavy atom. The van der Waals surface area contributed by atoms with Crippen LogP contribution in [-0.4, -0.2) is 28.9 Å². The molecule has 2 heterocycles. The van der Waals surface area contributed by atoms with E-state index in [0.29, 0.717) is 27.0 Å². The number of fused-ring (bicyclic) bond motifs is 1. The van der Waals surface area contributed by atoms with Gasteiger partial charge in [-0.2, -0.15) is 0 Å². The molecule has 0 bridgehead atoms. The standard InChI is InChI=1S/C26H19ClN2O4S/c1-14-9-10-19-20(11-14)34-26(28-19)29-22(15-5-3-7-17(27)12-15)21(24(31)25(29)32)23(30)16-6-4-8-18(13-16)33-2/h3-13,22,30H,1-2H3. The number of rotatable bonds is 4. The van der Waals surface area contributed by atoms with E-state index >= 15 is 0 Å². The second kappa shape index (κ2) is 8.59. The van der Waals surface area contributed by atoms with Crippen molar-refractivity contribution < 1.29 is 19.4 Å². The Hall–Kier alpha value is -3.68. The molecule has 1 atom stereocenters. The Balaban J connectivity index is 1.74. The number of amides is 1. The lowest BCUT2D eigenvalue weighted by atomic mass is 9.95. The molecular formula is C26H19ClN2O4S. The van der Waals surface area contributed by atoms with E-state index in [1.54, 1.807) is 48.5 Å². The first kappa shape index (κ1) is 22.1. The Labute approximate surface area is 204 Å². The van der Waals surface area contributed by atoms with Crippen molar-refractivity contribution in [3.63, 3.8) is 0 Å². The number of carbonyl (C=O) groups is 2. The van der Waals surface area contributed by atoms with Gasteiger partial charge in [-0.25, -0.2) is 4.98 Å². The summed E-state index contributed by atoms with van der Waals surface area (Å²) in [5.74, 6) is -1.33. The third-order valence-corrected chi connectivity index (χ3v) is 6.94. The molecule has 1 aliphatic heterocycles. The van der Waals surface area contributed by atoms with Crippen LogP contribution in [0.2, 0.25) is 5.02 Å². The van der Waals surface area contributed by atoms with E-state index in [2.05, 4.69) is 4.98 Å². The van der Waals surface area contributed by atoms with E-state index in [1.807, 2.05) is 25.1 Å². The molecule has 0 spiro atoms. The molecule has 4 aromatic rings. The Bertz CT molecular complexity index is 1490. The van der Waals surface area contributed by atoms with Crippen molar-refractivity contribution in [2.75, 3.05) is 12.0 Å². The van der Waals surface area contributed by atoms with Gasteiger partial charge in [-0.1, -0.05) is 53.3 Å². The molecule has 1 amide bonds. The van der Waals surface area contributed by atoms with Crippen LogP contribution in [-0.2, 0) is 9.59 Å². The third kappa shape index (κ3) is 3.73. The summed E-state index contributed by atoms with van der Waals surface area (Å²) >= 11 is 7.58. The van der Waals surface area contributed by atoms with Gasteiger partial charge in [0.05, 0.1) is 28.9 Å². The van der Waals surface area contributed by atoms with Gasteiger partial charge in [-0.05, 0) is 54.4 Å². The quantitative estimate of drug-likeness (QED) is 0.219. The highest BCUT2D eigenvalue weighted by atomic mass is 35.5. The number of thiazole rings is 1. The van der Waals surface area contributed by atoms with Crippen molar-refractivity contribution >= 4 is 55.7 Å². The second-order valence-electron chi connectivity index (χ2n) is 7.92. The number of ketones is 1. The number of anilines is 1. The first-order valence-corrected chi connectivity index (χ1v) is 11.6. The molecule has 1 aliphatic rings. The highest BCUT2D eigenvalue weighted by molar-refractivity contribution is 7.22. The number of aromatic nitrogens is 1. The predicted octanol–water partition coefficient (Wildman–Crippen LogP) is 5.89. The van der Waals surface area contributed by atoms with Crippen molar-refractivity contribution in [2.45, 2.75) is 13.0 Å². The molecule has 1 fully saturated rings. The molecule has 0 saturated carbocycles. The minimum absolute atomic E-state index is 0.0315. The zero-order valence-electron chi connectivity index (χ0n) is 18.3. The summed E-state index contributed by atoms with van der Waals surface area (Å²) in [6.45, 7) is 1.98. The van der Waals surface area contributed by atoms with Gasteiger partial charge < -0.3 is 9.84 Å². The number of ether oxygens (including phenoxy) is 1. The normalized spacial score (nSPS) is 17.5. The fourth-order valence-electron chi connectivity index (χ4n) is 4.07. The third-order valence-electron chi connectivity index (χ3n) is 5.69. The van der Waals surface area contributed by atoms with Gasteiger partial charge in [0.25, 0.3) is 5.78 Å². The van der Waals surface area contributed by atoms with Crippen LogP contribution in [0.15, 0.2) is 72.3 Å². The first-order chi connectivity index (χ1) is 16.4. The number of aliphatic hydroxyl groups is 1. The number of methoxy groups -OCH3 is 1. The summed E-state index contributed by atoms with van der Waals surface area (Å²) in [6, 6.07) is 18.5. The van der Waals surface area contributed by atoms with Crippen LogP contribution < -0.4 is 9.64 Å². The van der Waals surface area contributed by atoms with E-state index in [9.17, 15) is 14.7 Å². The number of aryl methyl sites for hydroxylation is 1. The fourth-order valence-corrected chi connectivity index (χ4v) is 5.36. The number of hydrogen-bond acceptors (Lipinski definition) is 6. The van der Waals surface area contributed by atoms with Crippen molar-refractivity contribution in [1.29, 1.82) is 0 Å². The van der Waals surface area contributed by atoms with E-state index in [-0.39, 0.29) is 11.3 Å². The largest absolute Gasteiger partial charge is 0.507 e. The van der Waals surface area contributed by atoms with Gasteiger partial charge in [0.15, 0.2) is 5.13 Å². The topological polar surface area (TPSA) is 79.7 Å². The second-order valence-corrected chi connectivity index (χ2v) is 9.37. The molecule has 1 unspecified atom stereocenters. The van der Waals surface area contributed by atoms with Crippen LogP contribution in [0.5, 0.6) is 5.75 Å². The lowest BCUT2D eigenvalue weighted by Gasteiger charge is -2.23. The number of nitrogens with zero attached hydrogens (tertiary/aromatic N) is 2. The number of benzene rings is 3. The summed E-state index contributed by atoms with van der Waals surface area (Å²) in [4.78, 5) is 32.6. The van der Waals surface area contributed by atoms with Crippen molar-refractivity contribution in [1.82, 2.24) is 4.98 Å². The van der Waals surface area contributed by atoms with Crippen molar-refractivity contribution in [3.05, 3.63) is 94.0 Å². The molecule has 0 aliphatic carbocycles. The molecule has 1 aromatic heterocycles. The van der Waals surface area contributed by atoms with Gasteiger partial charge >= 0.3 is 5.91 Å². The van der Waals surface area contributed by atoms with Crippen LogP contribution >= 0.6 is 22.9 Å². The fraction of sp³-hybridized carbons (Fsp3) is 0.115. The molecular weight excluding hydrogens is 472 g/mol. The lowest BCUT2D eigenvalue weighted by molar-refractivity contribution is -0.132. The van der Waals surface area contributed by atoms with E-state index in [0.717, 1.165) is 15.8 Å². The molecule has 1 saturated heterocycles. The average Bonchev–Trinajstić information content (AvgIpc) is 3.36. The van der Waals surface area contributed by atoms with Gasteiger partial charge in [0.1, 0.15) is 11.5 Å². The Morgan fingerprint density at radius 2 is 1.88 bits per heavy atom. The molecule has 3 aromatic carbocycles. The molecule has 34 heavy (non-hydrogen) atoms. The smallest absolute Gasteiger partial charge is 0.301 e. The van der Waals surface area contributed by atoms with E-state index in [4.69, 9.17) is 16.3 Å². The maximum absolute atomic E-state index is 13.3. The van der Waals surface area contributed by atoms with Crippen LogP contribution in [0.1, 0.15) is 22.7 Å². The number of aliphatic hydroxyl groups excluding tert-OH is 1. The van der Waals surface area contributed by atoms with Crippen molar-refractivity contribution in [2.24, 2.45) is 0 Å². The van der Waals surface area contributed by atoms with E-state index < -0.39 is 17.7 Å². The van der Waals surface area contributed by atoms with Gasteiger partial charge in [0, 0.05) is 10.6 Å². The Kier molecular flexibility index (Phi) is 5.59. The summed E-state index contributed by atoms with van der Waals surface area (Å²) < 4.78 is 6.15. The van der Waals surface area contributed by atoms with Gasteiger partial charge in [-0.3, -0.25) is 14.5 Å². The zero-order chi connectivity index (χ0) is 24.0. The average molecular weight is 491 g/mol. The van der Waals surface area contributed by atoms with Crippen LogP contribution in [0.3, 0.4) is 0 Å². The van der Waals surface area contributed by atoms with Crippen LogP contribution in [0, 0.1) is 6.92 Å². The number of carbonyl (C=O) groups excluding carboxylic acids is 2. The molecule has 170 valence electrons. The van der Waals surface area contributed by atoms with Crippen LogP contribution in [0.4, 0.5) is 5.13 Å². The summed E-state index contributed by atoms with van der Waals surface area (Å²) in [5, 5.41) is 12.1. The van der Waals surface area contributed by atoms with E-state index in [1.165, 1.54) is 23.3 Å². The maximum atomic E-state index is 13.3. The monoisotopic (exact) mass is 490 g/mol. The highest BCUT2D eigenvalue weighted by Crippen LogP contribution is 2.44. The molecule has 8 heteroatoms. The SMILES string of the molecule is COc1cccc(C(O)=C2C(=O)C(=O)N(c3nc4ccc(C)cc4s3)C2c2cccc(Cl)c2)c1. The minimum Gasteiger partial charge on any atom is -0.507 e. The molecule has 0 radical (unpaired) electrons. The first-order valence-electron chi connectivity index (χ1n) is 10.5. The highest BCUT2D eigenvalue weighted by Gasteiger charge is 2.48. The van der Waals surface area contributed by atoms with Crippen LogP contribution in [0.25, 0.3) is 16.0 Å². The number of halogens is 1. The number of Topliss-reactive ketones (excluding diaryl/α,β-unsaturated/α-hetero) is 1.